The van der Waals surface area contributed by atoms with Gasteiger partial charge in [-0.2, -0.15) is 0 Å². The SMILES string of the molecule is COCCCNS(=O)(=O)c1ccccc1C#CCCO. The lowest BCUT2D eigenvalue weighted by Gasteiger charge is -2.08. The lowest BCUT2D eigenvalue weighted by atomic mass is 10.2. The van der Waals surface area contributed by atoms with E-state index < -0.39 is 10.0 Å². The zero-order valence-corrected chi connectivity index (χ0v) is 12.2. The Morgan fingerprint density at radius 1 is 1.35 bits per heavy atom. The number of sulfonamides is 1. The Kier molecular flexibility index (Phi) is 7.26. The van der Waals surface area contributed by atoms with Crippen molar-refractivity contribution < 1.29 is 18.3 Å². The van der Waals surface area contributed by atoms with Gasteiger partial charge >= 0.3 is 0 Å². The molecule has 0 amide bonds. The minimum Gasteiger partial charge on any atom is -0.395 e. The fourth-order valence-corrected chi connectivity index (χ4v) is 2.75. The second-order valence-electron chi connectivity index (χ2n) is 4.02. The van der Waals surface area contributed by atoms with Crippen LogP contribution in [-0.2, 0) is 14.8 Å². The molecule has 1 aromatic carbocycles. The largest absolute Gasteiger partial charge is 0.395 e. The van der Waals surface area contributed by atoms with E-state index in [0.717, 1.165) is 0 Å². The first-order valence-corrected chi connectivity index (χ1v) is 7.77. The monoisotopic (exact) mass is 297 g/mol. The molecule has 0 radical (unpaired) electrons. The quantitative estimate of drug-likeness (QED) is 0.575. The summed E-state index contributed by atoms with van der Waals surface area (Å²) < 4.78 is 31.7. The Hall–Kier alpha value is -1.39. The van der Waals surface area contributed by atoms with Gasteiger partial charge in [-0.05, 0) is 18.6 Å². The molecule has 20 heavy (non-hydrogen) atoms. The molecule has 0 fully saturated rings. The molecule has 0 aromatic heterocycles. The normalized spacial score (nSPS) is 10.9. The van der Waals surface area contributed by atoms with Crippen LogP contribution in [0, 0.1) is 11.8 Å². The molecule has 0 atom stereocenters. The first kappa shape index (κ1) is 16.7. The average molecular weight is 297 g/mol. The topological polar surface area (TPSA) is 75.6 Å². The van der Waals surface area contributed by atoms with E-state index in [9.17, 15) is 8.42 Å². The van der Waals surface area contributed by atoms with E-state index in [1.54, 1.807) is 25.3 Å². The van der Waals surface area contributed by atoms with Crippen molar-refractivity contribution in [3.8, 4) is 11.8 Å². The minimum atomic E-state index is -3.58. The standard InChI is InChI=1S/C14H19NO4S/c1-19-12-6-10-15-20(17,18)14-9-3-2-7-13(14)8-4-5-11-16/h2-3,7,9,15-16H,5-6,10-12H2,1H3. The fourth-order valence-electron chi connectivity index (χ4n) is 1.52. The van der Waals surface area contributed by atoms with E-state index in [1.165, 1.54) is 6.07 Å². The van der Waals surface area contributed by atoms with Crippen molar-refractivity contribution >= 4 is 10.0 Å². The summed E-state index contributed by atoms with van der Waals surface area (Å²) in [5.41, 5.74) is 0.431. The lowest BCUT2D eigenvalue weighted by molar-refractivity contribution is 0.196. The van der Waals surface area contributed by atoms with Gasteiger partial charge in [0, 0.05) is 32.2 Å². The van der Waals surface area contributed by atoms with Gasteiger partial charge in [0.2, 0.25) is 10.0 Å². The van der Waals surface area contributed by atoms with Gasteiger partial charge < -0.3 is 9.84 Å². The van der Waals surface area contributed by atoms with Crippen LogP contribution in [0.15, 0.2) is 29.2 Å². The number of rotatable bonds is 7. The Balaban J connectivity index is 2.87. The van der Waals surface area contributed by atoms with Crippen molar-refractivity contribution in [1.82, 2.24) is 4.72 Å². The maximum atomic E-state index is 12.2. The second-order valence-corrected chi connectivity index (χ2v) is 5.75. The van der Waals surface area contributed by atoms with Gasteiger partial charge in [0.1, 0.15) is 0 Å². The minimum absolute atomic E-state index is 0.0445. The van der Waals surface area contributed by atoms with Gasteiger partial charge in [0.25, 0.3) is 0 Å². The van der Waals surface area contributed by atoms with Crippen molar-refractivity contribution in [1.29, 1.82) is 0 Å². The summed E-state index contributed by atoms with van der Waals surface area (Å²) >= 11 is 0. The molecular formula is C14H19NO4S. The maximum Gasteiger partial charge on any atom is 0.241 e. The number of aliphatic hydroxyl groups is 1. The molecule has 1 rings (SSSR count). The van der Waals surface area contributed by atoms with Crippen molar-refractivity contribution in [2.24, 2.45) is 0 Å². The number of methoxy groups -OCH3 is 1. The van der Waals surface area contributed by atoms with Gasteiger partial charge in [-0.15, -0.1) is 0 Å². The van der Waals surface area contributed by atoms with Crippen LogP contribution < -0.4 is 4.72 Å². The van der Waals surface area contributed by atoms with Gasteiger partial charge in [-0.1, -0.05) is 24.0 Å². The highest BCUT2D eigenvalue weighted by Crippen LogP contribution is 2.14. The van der Waals surface area contributed by atoms with Gasteiger partial charge in [0.15, 0.2) is 0 Å². The number of aliphatic hydroxyl groups excluding tert-OH is 1. The third-order valence-corrected chi connectivity index (χ3v) is 3.97. The first-order valence-electron chi connectivity index (χ1n) is 6.29. The van der Waals surface area contributed by atoms with E-state index in [1.807, 2.05) is 0 Å². The van der Waals surface area contributed by atoms with Gasteiger partial charge in [0.05, 0.1) is 11.5 Å². The molecule has 0 heterocycles. The molecule has 0 unspecified atom stereocenters. The molecule has 2 N–H and O–H groups in total. The number of ether oxygens (including phenoxy) is 1. The van der Waals surface area contributed by atoms with Crippen LogP contribution in [-0.4, -0.2) is 40.4 Å². The summed E-state index contributed by atoms with van der Waals surface area (Å²) in [5.74, 6) is 5.50. The molecule has 5 nitrogen and oxygen atoms in total. The van der Waals surface area contributed by atoms with E-state index in [0.29, 0.717) is 31.6 Å². The zero-order valence-electron chi connectivity index (χ0n) is 11.4. The van der Waals surface area contributed by atoms with Crippen LogP contribution in [0.4, 0.5) is 0 Å². The molecule has 0 spiro atoms. The highest BCUT2D eigenvalue weighted by Gasteiger charge is 2.16. The van der Waals surface area contributed by atoms with Crippen LogP contribution in [0.25, 0.3) is 0 Å². The predicted octanol–water partition coefficient (Wildman–Crippen LogP) is 0.735. The van der Waals surface area contributed by atoms with E-state index in [-0.39, 0.29) is 11.5 Å². The molecule has 0 bridgehead atoms. The third-order valence-electron chi connectivity index (χ3n) is 2.45. The van der Waals surface area contributed by atoms with Crippen molar-refractivity contribution in [3.63, 3.8) is 0 Å². The molecule has 0 saturated carbocycles. The summed E-state index contributed by atoms with van der Waals surface area (Å²) in [4.78, 5) is 0.155. The van der Waals surface area contributed by atoms with Crippen LogP contribution >= 0.6 is 0 Å². The molecular weight excluding hydrogens is 278 g/mol. The van der Waals surface area contributed by atoms with Crippen molar-refractivity contribution in [3.05, 3.63) is 29.8 Å². The molecule has 0 aliphatic heterocycles. The Labute approximate surface area is 120 Å². The summed E-state index contributed by atoms with van der Waals surface area (Å²) in [5, 5.41) is 8.70. The molecule has 0 saturated heterocycles. The highest BCUT2D eigenvalue weighted by atomic mass is 32.2. The summed E-state index contributed by atoms with van der Waals surface area (Å²) in [6, 6.07) is 6.55. The summed E-state index contributed by atoms with van der Waals surface area (Å²) in [6.07, 6.45) is 0.920. The smallest absolute Gasteiger partial charge is 0.241 e. The van der Waals surface area contributed by atoms with Gasteiger partial charge in [-0.3, -0.25) is 0 Å². The average Bonchev–Trinajstić information content (AvgIpc) is 2.44. The highest BCUT2D eigenvalue weighted by molar-refractivity contribution is 7.89. The molecule has 6 heteroatoms. The third kappa shape index (κ3) is 5.31. The van der Waals surface area contributed by atoms with Gasteiger partial charge in [-0.25, -0.2) is 13.1 Å². The van der Waals surface area contributed by atoms with Crippen molar-refractivity contribution in [2.75, 3.05) is 26.9 Å². The van der Waals surface area contributed by atoms with E-state index in [4.69, 9.17) is 9.84 Å². The molecule has 0 aliphatic rings. The molecule has 0 aliphatic carbocycles. The predicted molar refractivity (Wildman–Crippen MR) is 76.7 cm³/mol. The Morgan fingerprint density at radius 3 is 2.80 bits per heavy atom. The fraction of sp³-hybridized carbons (Fsp3) is 0.429. The second kappa shape index (κ2) is 8.72. The lowest BCUT2D eigenvalue weighted by Crippen LogP contribution is -2.26. The van der Waals surface area contributed by atoms with Crippen LogP contribution in [0.5, 0.6) is 0 Å². The first-order chi connectivity index (χ1) is 9.61. The van der Waals surface area contributed by atoms with Crippen LogP contribution in [0.1, 0.15) is 18.4 Å². The maximum absolute atomic E-state index is 12.2. The van der Waals surface area contributed by atoms with E-state index in [2.05, 4.69) is 16.6 Å². The zero-order chi connectivity index (χ0) is 14.8. The van der Waals surface area contributed by atoms with E-state index >= 15 is 0 Å². The number of nitrogens with one attached hydrogen (secondary N) is 1. The van der Waals surface area contributed by atoms with Crippen molar-refractivity contribution in [2.45, 2.75) is 17.7 Å². The molecule has 1 aromatic rings. The number of hydrogen-bond donors (Lipinski definition) is 2. The Morgan fingerprint density at radius 2 is 2.10 bits per heavy atom. The number of hydrogen-bond acceptors (Lipinski definition) is 4. The summed E-state index contributed by atoms with van der Waals surface area (Å²) in [6.45, 7) is 0.770. The Bertz CT molecular complexity index is 572. The van der Waals surface area contributed by atoms with Crippen LogP contribution in [0.3, 0.4) is 0 Å². The number of benzene rings is 1. The summed E-state index contributed by atoms with van der Waals surface area (Å²) in [7, 11) is -2.01. The molecule has 110 valence electrons. The van der Waals surface area contributed by atoms with Crippen LogP contribution in [0.2, 0.25) is 0 Å².